The lowest BCUT2D eigenvalue weighted by atomic mass is 10.1. The lowest BCUT2D eigenvalue weighted by Gasteiger charge is -2.14. The zero-order valence-corrected chi connectivity index (χ0v) is 11.8. The van der Waals surface area contributed by atoms with Crippen LogP contribution >= 0.6 is 0 Å². The van der Waals surface area contributed by atoms with Crippen molar-refractivity contribution in [2.45, 2.75) is 45.1 Å². The standard InChI is InChI=1S/C13H23N3O4/c1-9(3-2-4-11(17)18)16-13(20)15-8-7-14-12(19)10-5-6-10/h9-10H,2-8H2,1H3,(H,14,19)(H,17,18)(H2,15,16,20). The van der Waals surface area contributed by atoms with Gasteiger partial charge in [-0.3, -0.25) is 9.59 Å². The van der Waals surface area contributed by atoms with Crippen LogP contribution in [0.15, 0.2) is 0 Å². The van der Waals surface area contributed by atoms with E-state index in [2.05, 4.69) is 16.0 Å². The number of amides is 3. The van der Waals surface area contributed by atoms with E-state index in [4.69, 9.17) is 5.11 Å². The minimum Gasteiger partial charge on any atom is -0.481 e. The van der Waals surface area contributed by atoms with Crippen molar-refractivity contribution in [1.29, 1.82) is 0 Å². The Kier molecular flexibility index (Phi) is 6.83. The summed E-state index contributed by atoms with van der Waals surface area (Å²) in [5.41, 5.74) is 0. The van der Waals surface area contributed by atoms with Crippen LogP contribution in [0.25, 0.3) is 0 Å². The third kappa shape index (κ3) is 7.60. The van der Waals surface area contributed by atoms with E-state index in [9.17, 15) is 14.4 Å². The maximum Gasteiger partial charge on any atom is 0.315 e. The lowest BCUT2D eigenvalue weighted by molar-refractivity contribution is -0.137. The average Bonchev–Trinajstić information content (AvgIpc) is 3.17. The van der Waals surface area contributed by atoms with Gasteiger partial charge in [0.25, 0.3) is 0 Å². The predicted octanol–water partition coefficient (Wildman–Crippen LogP) is 0.455. The maximum absolute atomic E-state index is 11.5. The minimum atomic E-state index is -0.826. The SMILES string of the molecule is CC(CCCC(=O)O)NC(=O)NCCNC(=O)C1CC1. The second-order valence-electron chi connectivity index (χ2n) is 5.15. The molecule has 0 spiro atoms. The van der Waals surface area contributed by atoms with Gasteiger partial charge in [0, 0.05) is 31.5 Å². The van der Waals surface area contributed by atoms with Gasteiger partial charge in [-0.05, 0) is 32.6 Å². The Hall–Kier alpha value is -1.79. The second-order valence-corrected chi connectivity index (χ2v) is 5.15. The zero-order valence-electron chi connectivity index (χ0n) is 11.8. The summed E-state index contributed by atoms with van der Waals surface area (Å²) in [4.78, 5) is 33.2. The molecule has 1 fully saturated rings. The molecule has 0 radical (unpaired) electrons. The van der Waals surface area contributed by atoms with Crippen molar-refractivity contribution in [2.75, 3.05) is 13.1 Å². The molecule has 3 amide bonds. The Morgan fingerprint density at radius 1 is 1.20 bits per heavy atom. The number of carboxylic acids is 1. The predicted molar refractivity (Wildman–Crippen MR) is 73.2 cm³/mol. The normalized spacial score (nSPS) is 15.2. The van der Waals surface area contributed by atoms with Crippen molar-refractivity contribution in [2.24, 2.45) is 5.92 Å². The summed E-state index contributed by atoms with van der Waals surface area (Å²) in [5.74, 6) is -0.583. The van der Waals surface area contributed by atoms with E-state index in [1.54, 1.807) is 0 Å². The van der Waals surface area contributed by atoms with E-state index >= 15 is 0 Å². The highest BCUT2D eigenvalue weighted by Gasteiger charge is 2.28. The summed E-state index contributed by atoms with van der Waals surface area (Å²) < 4.78 is 0. The summed E-state index contributed by atoms with van der Waals surface area (Å²) in [6.45, 7) is 2.64. The number of hydrogen-bond acceptors (Lipinski definition) is 3. The molecule has 7 heteroatoms. The monoisotopic (exact) mass is 285 g/mol. The third-order valence-corrected chi connectivity index (χ3v) is 3.06. The van der Waals surface area contributed by atoms with Gasteiger partial charge >= 0.3 is 12.0 Å². The molecule has 0 aromatic carbocycles. The number of carboxylic acid groups (broad SMARTS) is 1. The topological polar surface area (TPSA) is 108 Å². The molecular formula is C13H23N3O4. The van der Waals surface area contributed by atoms with Gasteiger partial charge in [0.1, 0.15) is 0 Å². The van der Waals surface area contributed by atoms with E-state index in [0.717, 1.165) is 12.8 Å². The van der Waals surface area contributed by atoms with Crippen LogP contribution in [0.5, 0.6) is 0 Å². The summed E-state index contributed by atoms with van der Waals surface area (Å²) >= 11 is 0. The molecule has 0 saturated heterocycles. The van der Waals surface area contributed by atoms with Crippen LogP contribution in [0.2, 0.25) is 0 Å². The number of carbonyl (C=O) groups excluding carboxylic acids is 2. The molecule has 1 aliphatic carbocycles. The van der Waals surface area contributed by atoms with Crippen LogP contribution in [0.4, 0.5) is 4.79 Å². The van der Waals surface area contributed by atoms with Gasteiger partial charge in [-0.2, -0.15) is 0 Å². The van der Waals surface area contributed by atoms with Gasteiger partial charge in [-0.15, -0.1) is 0 Å². The van der Waals surface area contributed by atoms with Crippen LogP contribution in [-0.4, -0.2) is 42.1 Å². The first kappa shape index (κ1) is 16.3. The van der Waals surface area contributed by atoms with Crippen LogP contribution in [0.3, 0.4) is 0 Å². The van der Waals surface area contributed by atoms with E-state index < -0.39 is 5.97 Å². The molecule has 0 aromatic rings. The van der Waals surface area contributed by atoms with Gasteiger partial charge in [0.2, 0.25) is 5.91 Å². The molecule has 7 nitrogen and oxygen atoms in total. The summed E-state index contributed by atoms with van der Waals surface area (Å²) in [5, 5.41) is 16.6. The number of nitrogens with one attached hydrogen (secondary N) is 3. The fraction of sp³-hybridized carbons (Fsp3) is 0.769. The molecule has 0 heterocycles. The highest BCUT2D eigenvalue weighted by Crippen LogP contribution is 2.28. The van der Waals surface area contributed by atoms with E-state index in [0.29, 0.717) is 25.9 Å². The highest BCUT2D eigenvalue weighted by atomic mass is 16.4. The smallest absolute Gasteiger partial charge is 0.315 e. The fourth-order valence-corrected chi connectivity index (χ4v) is 1.76. The van der Waals surface area contributed by atoms with Gasteiger partial charge in [0.05, 0.1) is 0 Å². The average molecular weight is 285 g/mol. The number of hydrogen-bond donors (Lipinski definition) is 4. The van der Waals surface area contributed by atoms with Gasteiger partial charge in [-0.25, -0.2) is 4.79 Å². The maximum atomic E-state index is 11.5. The second kappa shape index (κ2) is 8.39. The first-order valence-corrected chi connectivity index (χ1v) is 7.03. The Balaban J connectivity index is 1.98. The lowest BCUT2D eigenvalue weighted by Crippen LogP contribution is -2.43. The highest BCUT2D eigenvalue weighted by molar-refractivity contribution is 5.80. The third-order valence-electron chi connectivity index (χ3n) is 3.06. The molecule has 20 heavy (non-hydrogen) atoms. The van der Waals surface area contributed by atoms with Crippen molar-refractivity contribution in [3.63, 3.8) is 0 Å². The van der Waals surface area contributed by atoms with Crippen molar-refractivity contribution in [3.8, 4) is 0 Å². The van der Waals surface area contributed by atoms with Crippen molar-refractivity contribution in [3.05, 3.63) is 0 Å². The molecule has 1 atom stereocenters. The number of aliphatic carboxylic acids is 1. The fourth-order valence-electron chi connectivity index (χ4n) is 1.76. The van der Waals surface area contributed by atoms with Gasteiger partial charge in [-0.1, -0.05) is 0 Å². The van der Waals surface area contributed by atoms with Crippen molar-refractivity contribution >= 4 is 17.9 Å². The van der Waals surface area contributed by atoms with Crippen LogP contribution < -0.4 is 16.0 Å². The first-order valence-electron chi connectivity index (χ1n) is 7.03. The Morgan fingerprint density at radius 3 is 2.45 bits per heavy atom. The Labute approximate surface area is 118 Å². The van der Waals surface area contributed by atoms with E-state index in [1.165, 1.54) is 0 Å². The van der Waals surface area contributed by atoms with Crippen LogP contribution in [-0.2, 0) is 9.59 Å². The quantitative estimate of drug-likeness (QED) is 0.461. The van der Waals surface area contributed by atoms with Crippen molar-refractivity contribution in [1.82, 2.24) is 16.0 Å². The molecular weight excluding hydrogens is 262 g/mol. The largest absolute Gasteiger partial charge is 0.481 e. The van der Waals surface area contributed by atoms with Crippen LogP contribution in [0, 0.1) is 5.92 Å². The summed E-state index contributed by atoms with van der Waals surface area (Å²) in [6, 6.07) is -0.371. The molecule has 0 aliphatic heterocycles. The van der Waals surface area contributed by atoms with Gasteiger partial charge < -0.3 is 21.1 Å². The number of urea groups is 1. The zero-order chi connectivity index (χ0) is 15.0. The molecule has 1 rings (SSSR count). The molecule has 1 aliphatic rings. The first-order chi connectivity index (χ1) is 9.49. The molecule has 4 N–H and O–H groups in total. The number of carbonyl (C=O) groups is 3. The molecule has 0 bridgehead atoms. The van der Waals surface area contributed by atoms with Gasteiger partial charge in [0.15, 0.2) is 0 Å². The minimum absolute atomic E-state index is 0.0641. The van der Waals surface area contributed by atoms with Crippen molar-refractivity contribution < 1.29 is 19.5 Å². The Bertz CT molecular complexity index is 356. The summed E-state index contributed by atoms with van der Waals surface area (Å²) in [6.07, 6.45) is 3.20. The van der Waals surface area contributed by atoms with Crippen LogP contribution in [0.1, 0.15) is 39.0 Å². The van der Waals surface area contributed by atoms with E-state index in [1.807, 2.05) is 6.92 Å². The van der Waals surface area contributed by atoms with E-state index in [-0.39, 0.29) is 30.3 Å². The Morgan fingerprint density at radius 2 is 1.85 bits per heavy atom. The number of rotatable bonds is 9. The summed E-state index contributed by atoms with van der Waals surface area (Å²) in [7, 11) is 0. The molecule has 0 aromatic heterocycles. The molecule has 114 valence electrons. The molecule has 1 saturated carbocycles. The molecule has 1 unspecified atom stereocenters.